The Morgan fingerprint density at radius 1 is 1.11 bits per heavy atom. The van der Waals surface area contributed by atoms with E-state index in [4.69, 9.17) is 4.74 Å². The van der Waals surface area contributed by atoms with E-state index < -0.39 is 29.6 Å². The first-order valence-corrected chi connectivity index (χ1v) is 13.6. The van der Waals surface area contributed by atoms with E-state index in [1.807, 2.05) is 62.4 Å². The molecule has 2 aromatic carbocycles. The maximum atomic E-state index is 13.9. The average Bonchev–Trinajstić information content (AvgIpc) is 3.47. The molecule has 3 N–H and O–H groups in total. The zero-order valence-electron chi connectivity index (χ0n) is 20.9. The van der Waals surface area contributed by atoms with Gasteiger partial charge in [-0.1, -0.05) is 64.5 Å². The number of halogens is 1. The molecule has 6 atom stereocenters. The van der Waals surface area contributed by atoms with Gasteiger partial charge in [-0.25, -0.2) is 0 Å². The lowest BCUT2D eigenvalue weighted by Gasteiger charge is -2.34. The van der Waals surface area contributed by atoms with Gasteiger partial charge in [0.2, 0.25) is 17.7 Å². The van der Waals surface area contributed by atoms with Crippen LogP contribution in [0.5, 0.6) is 0 Å². The van der Waals surface area contributed by atoms with Gasteiger partial charge in [-0.15, -0.1) is 0 Å². The normalized spacial score (nSPS) is 29.9. The maximum Gasteiger partial charge on any atom is 0.250 e. The van der Waals surface area contributed by atoms with E-state index in [2.05, 4.69) is 26.6 Å². The number of ether oxygens (including phenoxy) is 1. The largest absolute Gasteiger partial charge is 0.396 e. The Bertz CT molecular complexity index is 1190. The van der Waals surface area contributed by atoms with E-state index in [0.29, 0.717) is 25.1 Å². The first-order valence-electron chi connectivity index (χ1n) is 12.7. The predicted molar refractivity (Wildman–Crippen MR) is 142 cm³/mol. The highest BCUT2D eigenvalue weighted by Crippen LogP contribution is 2.60. The molecule has 196 valence electrons. The number of nitrogens with one attached hydrogen (secondary N) is 2. The summed E-state index contributed by atoms with van der Waals surface area (Å²) >= 11 is 3.68. The molecule has 37 heavy (non-hydrogen) atoms. The molecule has 0 aromatic heterocycles. The third-order valence-corrected chi connectivity index (χ3v) is 8.78. The van der Waals surface area contributed by atoms with Crippen LogP contribution >= 0.6 is 15.9 Å². The number of aryl methyl sites for hydroxylation is 2. The number of fused-ring (bicyclic) bond motifs is 1. The molecule has 8 nitrogen and oxygen atoms in total. The minimum atomic E-state index is -1.12. The number of likely N-dealkylation sites (tertiary alicyclic amines) is 1. The van der Waals surface area contributed by atoms with Crippen molar-refractivity contribution in [1.29, 1.82) is 0 Å². The first kappa shape index (κ1) is 25.9. The van der Waals surface area contributed by atoms with Crippen molar-refractivity contribution < 1.29 is 24.2 Å². The smallest absolute Gasteiger partial charge is 0.250 e. The molecular formula is C28H32BrN3O5. The number of nitrogens with zero attached hydrogens (tertiary/aromatic N) is 1. The quantitative estimate of drug-likeness (QED) is 0.424. The summed E-state index contributed by atoms with van der Waals surface area (Å²) in [6.07, 6.45) is 0.255. The van der Waals surface area contributed by atoms with Crippen LogP contribution in [0, 0.1) is 25.7 Å². The molecule has 3 saturated heterocycles. The molecule has 2 aromatic rings. The van der Waals surface area contributed by atoms with Crippen molar-refractivity contribution in [3.63, 3.8) is 0 Å². The lowest BCUT2D eigenvalue weighted by molar-refractivity contribution is -0.141. The standard InChI is InChI=1S/C28H32BrN3O5/c1-16-8-6-9-17(2)22(16)31-26(35)24-28-14-19(29)23(37-28)20(21(28)27(36)32(24)12-7-13-33)25(34)30-15-18-10-4-3-5-11-18/h3-6,8-11,19-21,23-24,33H,7,12-15H2,1-2H3,(H,30,34)(H,31,35)/t19?,20-,21-,23-,24?,28?/m0/s1. The Kier molecular flexibility index (Phi) is 7.13. The Morgan fingerprint density at radius 2 is 1.81 bits per heavy atom. The molecule has 0 radical (unpaired) electrons. The van der Waals surface area contributed by atoms with Crippen LogP contribution in [0.4, 0.5) is 5.69 Å². The minimum Gasteiger partial charge on any atom is -0.396 e. The molecule has 2 bridgehead atoms. The van der Waals surface area contributed by atoms with Crippen molar-refractivity contribution in [3.05, 3.63) is 65.2 Å². The van der Waals surface area contributed by atoms with E-state index in [9.17, 15) is 19.5 Å². The Balaban J connectivity index is 1.46. The second-order valence-electron chi connectivity index (χ2n) is 10.2. The summed E-state index contributed by atoms with van der Waals surface area (Å²) in [5.74, 6) is -2.34. The molecule has 0 saturated carbocycles. The van der Waals surface area contributed by atoms with Crippen molar-refractivity contribution in [2.24, 2.45) is 11.8 Å². The second-order valence-corrected chi connectivity index (χ2v) is 11.4. The highest BCUT2D eigenvalue weighted by molar-refractivity contribution is 9.09. The van der Waals surface area contributed by atoms with E-state index >= 15 is 0 Å². The zero-order chi connectivity index (χ0) is 26.3. The van der Waals surface area contributed by atoms with Crippen LogP contribution in [-0.4, -0.2) is 63.5 Å². The molecule has 3 amide bonds. The number of amides is 3. The Labute approximate surface area is 224 Å². The van der Waals surface area contributed by atoms with Crippen molar-refractivity contribution in [2.75, 3.05) is 18.5 Å². The summed E-state index contributed by atoms with van der Waals surface area (Å²) in [6, 6.07) is 14.4. The number of para-hydroxylation sites is 1. The number of rotatable bonds is 8. The van der Waals surface area contributed by atoms with Crippen molar-refractivity contribution in [1.82, 2.24) is 10.2 Å². The number of carbonyl (C=O) groups is 3. The maximum absolute atomic E-state index is 13.9. The lowest BCUT2D eigenvalue weighted by atomic mass is 9.70. The molecule has 3 aliphatic rings. The van der Waals surface area contributed by atoms with Crippen molar-refractivity contribution >= 4 is 39.3 Å². The number of benzene rings is 2. The number of hydrogen-bond acceptors (Lipinski definition) is 5. The van der Waals surface area contributed by atoms with E-state index in [0.717, 1.165) is 16.7 Å². The summed E-state index contributed by atoms with van der Waals surface area (Å²) in [5.41, 5.74) is 2.38. The number of aliphatic hydroxyl groups is 1. The first-order chi connectivity index (χ1) is 17.8. The molecule has 9 heteroatoms. The van der Waals surface area contributed by atoms with Gasteiger partial charge in [-0.2, -0.15) is 0 Å². The van der Waals surface area contributed by atoms with Gasteiger partial charge in [0.25, 0.3) is 0 Å². The van der Waals surface area contributed by atoms with Crippen LogP contribution in [0.3, 0.4) is 0 Å². The molecule has 3 aliphatic heterocycles. The topological polar surface area (TPSA) is 108 Å². The van der Waals surface area contributed by atoms with Gasteiger partial charge in [0.05, 0.1) is 17.9 Å². The molecule has 0 aliphatic carbocycles. The fraction of sp³-hybridized carbons (Fsp3) is 0.464. The van der Waals surface area contributed by atoms with Crippen LogP contribution in [0.2, 0.25) is 0 Å². The number of hydrogen-bond donors (Lipinski definition) is 3. The average molecular weight is 570 g/mol. The predicted octanol–water partition coefficient (Wildman–Crippen LogP) is 2.69. The fourth-order valence-electron chi connectivity index (χ4n) is 6.32. The van der Waals surface area contributed by atoms with Crippen LogP contribution in [0.25, 0.3) is 0 Å². The van der Waals surface area contributed by atoms with Crippen LogP contribution in [-0.2, 0) is 25.7 Å². The highest BCUT2D eigenvalue weighted by atomic mass is 79.9. The molecular weight excluding hydrogens is 538 g/mol. The Hall–Kier alpha value is -2.75. The van der Waals surface area contributed by atoms with Crippen LogP contribution in [0.1, 0.15) is 29.5 Å². The summed E-state index contributed by atoms with van der Waals surface area (Å²) in [6.45, 7) is 4.28. The van der Waals surface area contributed by atoms with E-state index in [1.54, 1.807) is 0 Å². The Morgan fingerprint density at radius 3 is 2.49 bits per heavy atom. The van der Waals surface area contributed by atoms with Crippen molar-refractivity contribution in [2.45, 2.75) is 55.8 Å². The van der Waals surface area contributed by atoms with Crippen LogP contribution < -0.4 is 10.6 Å². The third-order valence-electron chi connectivity index (χ3n) is 7.94. The van der Waals surface area contributed by atoms with Crippen molar-refractivity contribution in [3.8, 4) is 0 Å². The molecule has 5 rings (SSSR count). The number of alkyl halides is 1. The van der Waals surface area contributed by atoms with Crippen LogP contribution in [0.15, 0.2) is 48.5 Å². The van der Waals surface area contributed by atoms with Gasteiger partial charge in [0, 0.05) is 30.2 Å². The van der Waals surface area contributed by atoms with E-state index in [-0.39, 0.29) is 35.7 Å². The number of anilines is 1. The molecule has 1 spiro atoms. The highest BCUT2D eigenvalue weighted by Gasteiger charge is 2.76. The molecule has 3 fully saturated rings. The van der Waals surface area contributed by atoms with Gasteiger partial charge in [-0.05, 0) is 43.4 Å². The lowest BCUT2D eigenvalue weighted by Crippen LogP contribution is -2.54. The minimum absolute atomic E-state index is 0.113. The molecule has 3 heterocycles. The van der Waals surface area contributed by atoms with Gasteiger partial charge < -0.3 is 25.4 Å². The van der Waals surface area contributed by atoms with Gasteiger partial charge in [-0.3, -0.25) is 14.4 Å². The number of carbonyl (C=O) groups excluding carboxylic acids is 3. The molecule has 3 unspecified atom stereocenters. The van der Waals surface area contributed by atoms with Gasteiger partial charge in [0.1, 0.15) is 11.6 Å². The summed E-state index contributed by atoms with van der Waals surface area (Å²) < 4.78 is 6.50. The second kappa shape index (κ2) is 10.2. The van der Waals surface area contributed by atoms with Gasteiger partial charge >= 0.3 is 0 Å². The third kappa shape index (κ3) is 4.36. The SMILES string of the molecule is Cc1cccc(C)c1NC(=O)C1N(CCCO)C(=O)[C@@H]2[C@H](C(=O)NCc3ccccc3)[C@H]3OC12CC3Br. The summed E-state index contributed by atoms with van der Waals surface area (Å²) in [4.78, 5) is 42.6. The summed E-state index contributed by atoms with van der Waals surface area (Å²) in [5, 5.41) is 15.5. The number of aliphatic hydroxyl groups excluding tert-OH is 1. The summed E-state index contributed by atoms with van der Waals surface area (Å²) in [7, 11) is 0. The van der Waals surface area contributed by atoms with E-state index in [1.165, 1.54) is 4.90 Å². The zero-order valence-corrected chi connectivity index (χ0v) is 22.5. The monoisotopic (exact) mass is 569 g/mol. The van der Waals surface area contributed by atoms with Gasteiger partial charge in [0.15, 0.2) is 0 Å². The fourth-order valence-corrected chi connectivity index (χ4v) is 7.26.